The van der Waals surface area contributed by atoms with Gasteiger partial charge in [0, 0.05) is 22.8 Å². The van der Waals surface area contributed by atoms with Crippen LogP contribution in [0.2, 0.25) is 5.02 Å². The number of benzene rings is 2. The fraction of sp³-hybridized carbons (Fsp3) is 0.222. The second-order valence-electron chi connectivity index (χ2n) is 5.68. The molecule has 2 heterocycles. The van der Waals surface area contributed by atoms with E-state index in [2.05, 4.69) is 39.3 Å². The van der Waals surface area contributed by atoms with Gasteiger partial charge in [-0.25, -0.2) is 0 Å². The van der Waals surface area contributed by atoms with Crippen molar-refractivity contribution in [1.29, 1.82) is 0 Å². The molecule has 3 aromatic rings. The third-order valence-electron chi connectivity index (χ3n) is 4.08. The van der Waals surface area contributed by atoms with Crippen molar-refractivity contribution in [3.8, 4) is 11.4 Å². The van der Waals surface area contributed by atoms with E-state index in [1.807, 2.05) is 24.3 Å². The molecule has 0 radical (unpaired) electrons. The molecule has 0 saturated carbocycles. The molecule has 0 fully saturated rings. The molecule has 0 unspecified atom stereocenters. The zero-order chi connectivity index (χ0) is 15.6. The lowest BCUT2D eigenvalue weighted by atomic mass is 10.0. The molecule has 0 aliphatic carbocycles. The van der Waals surface area contributed by atoms with Gasteiger partial charge in [-0.2, -0.15) is 4.98 Å². The highest BCUT2D eigenvalue weighted by molar-refractivity contribution is 6.30. The quantitative estimate of drug-likeness (QED) is 0.718. The maximum atomic E-state index is 6.02. The fourth-order valence-electron chi connectivity index (χ4n) is 3.00. The molecule has 0 bridgehead atoms. The van der Waals surface area contributed by atoms with Crippen LogP contribution in [0.15, 0.2) is 53.1 Å². The van der Waals surface area contributed by atoms with E-state index in [9.17, 15) is 0 Å². The van der Waals surface area contributed by atoms with Gasteiger partial charge in [-0.3, -0.25) is 0 Å². The predicted molar refractivity (Wildman–Crippen MR) is 90.6 cm³/mol. The summed E-state index contributed by atoms with van der Waals surface area (Å²) in [4.78, 5) is 6.81. The van der Waals surface area contributed by atoms with Gasteiger partial charge in [-0.15, -0.1) is 0 Å². The number of hydrogen-bond donors (Lipinski definition) is 0. The zero-order valence-corrected chi connectivity index (χ0v) is 13.3. The molecule has 2 aromatic carbocycles. The van der Waals surface area contributed by atoms with Crippen molar-refractivity contribution in [2.24, 2.45) is 0 Å². The summed E-state index contributed by atoms with van der Waals surface area (Å²) in [5.74, 6) is 1.20. The van der Waals surface area contributed by atoms with E-state index < -0.39 is 0 Å². The molecule has 4 rings (SSSR count). The summed E-state index contributed by atoms with van der Waals surface area (Å²) in [6, 6.07) is 16.0. The largest absolute Gasteiger partial charge is 0.362 e. The molecule has 5 heteroatoms. The van der Waals surface area contributed by atoms with Gasteiger partial charge in [0.05, 0.1) is 6.54 Å². The standard InChI is InChI=1S/C18H16ClN3O/c19-15-8-3-6-14(11-15)18-20-17(23-21-18)12-22-10-4-7-13-5-1-2-9-16(13)22/h1-3,5-6,8-9,11H,4,7,10,12H2. The molecule has 0 amide bonds. The molecule has 1 aliphatic rings. The Labute approximate surface area is 139 Å². The number of para-hydroxylation sites is 1. The van der Waals surface area contributed by atoms with E-state index in [0.29, 0.717) is 23.3 Å². The van der Waals surface area contributed by atoms with Gasteiger partial charge in [-0.1, -0.05) is 47.1 Å². The Morgan fingerprint density at radius 2 is 2.04 bits per heavy atom. The van der Waals surface area contributed by atoms with Crippen LogP contribution in [0.25, 0.3) is 11.4 Å². The van der Waals surface area contributed by atoms with Crippen molar-refractivity contribution >= 4 is 17.3 Å². The Bertz CT molecular complexity index is 830. The Hall–Kier alpha value is -2.33. The Morgan fingerprint density at radius 1 is 1.13 bits per heavy atom. The normalized spacial score (nSPS) is 13.9. The highest BCUT2D eigenvalue weighted by atomic mass is 35.5. The molecule has 0 atom stereocenters. The first-order valence-corrected chi connectivity index (χ1v) is 8.09. The van der Waals surface area contributed by atoms with E-state index in [1.165, 1.54) is 11.3 Å². The van der Waals surface area contributed by atoms with Gasteiger partial charge in [0.25, 0.3) is 0 Å². The van der Waals surface area contributed by atoms with Crippen molar-refractivity contribution in [3.63, 3.8) is 0 Å². The van der Waals surface area contributed by atoms with E-state index in [1.54, 1.807) is 0 Å². The zero-order valence-electron chi connectivity index (χ0n) is 12.6. The molecule has 1 aliphatic heterocycles. The van der Waals surface area contributed by atoms with E-state index >= 15 is 0 Å². The molecule has 0 saturated heterocycles. The van der Waals surface area contributed by atoms with Crippen LogP contribution in [0.3, 0.4) is 0 Å². The maximum Gasteiger partial charge on any atom is 0.246 e. The van der Waals surface area contributed by atoms with Crippen LogP contribution >= 0.6 is 11.6 Å². The van der Waals surface area contributed by atoms with E-state index in [0.717, 1.165) is 24.9 Å². The summed E-state index contributed by atoms with van der Waals surface area (Å²) in [7, 11) is 0. The Morgan fingerprint density at radius 3 is 2.96 bits per heavy atom. The van der Waals surface area contributed by atoms with Crippen molar-refractivity contribution in [2.45, 2.75) is 19.4 Å². The lowest BCUT2D eigenvalue weighted by Gasteiger charge is -2.29. The van der Waals surface area contributed by atoms with Gasteiger partial charge in [0.1, 0.15) is 0 Å². The minimum atomic E-state index is 0.577. The van der Waals surface area contributed by atoms with Gasteiger partial charge in [0.15, 0.2) is 0 Å². The minimum absolute atomic E-state index is 0.577. The summed E-state index contributed by atoms with van der Waals surface area (Å²) in [6.07, 6.45) is 2.27. The molecular weight excluding hydrogens is 310 g/mol. The lowest BCUT2D eigenvalue weighted by Crippen LogP contribution is -2.28. The lowest BCUT2D eigenvalue weighted by molar-refractivity contribution is 0.375. The topological polar surface area (TPSA) is 42.2 Å². The number of hydrogen-bond acceptors (Lipinski definition) is 4. The van der Waals surface area contributed by atoms with E-state index in [4.69, 9.17) is 16.1 Å². The van der Waals surface area contributed by atoms with Crippen LogP contribution in [0.4, 0.5) is 5.69 Å². The number of nitrogens with zero attached hydrogens (tertiary/aromatic N) is 3. The summed E-state index contributed by atoms with van der Waals surface area (Å²) in [5, 5.41) is 4.74. The molecular formula is C18H16ClN3O. The third kappa shape index (κ3) is 2.94. The van der Waals surface area contributed by atoms with Gasteiger partial charge >= 0.3 is 0 Å². The molecule has 23 heavy (non-hydrogen) atoms. The highest BCUT2D eigenvalue weighted by Gasteiger charge is 2.19. The average Bonchev–Trinajstić information content (AvgIpc) is 3.04. The maximum absolute atomic E-state index is 6.02. The highest BCUT2D eigenvalue weighted by Crippen LogP contribution is 2.28. The molecule has 0 N–H and O–H groups in total. The molecule has 116 valence electrons. The van der Waals surface area contributed by atoms with Gasteiger partial charge < -0.3 is 9.42 Å². The van der Waals surface area contributed by atoms with Crippen LogP contribution in [0, 0.1) is 0 Å². The Kier molecular flexibility index (Phi) is 3.75. The molecule has 1 aromatic heterocycles. The van der Waals surface area contributed by atoms with Crippen molar-refractivity contribution in [1.82, 2.24) is 10.1 Å². The first kappa shape index (κ1) is 14.3. The monoisotopic (exact) mass is 325 g/mol. The SMILES string of the molecule is Clc1cccc(-c2noc(CN3CCCc4ccccc43)n2)c1. The summed E-state index contributed by atoms with van der Waals surface area (Å²) in [5.41, 5.74) is 3.51. The number of aromatic nitrogens is 2. The second-order valence-corrected chi connectivity index (χ2v) is 6.11. The van der Waals surface area contributed by atoms with Gasteiger partial charge in [0.2, 0.25) is 11.7 Å². The fourth-order valence-corrected chi connectivity index (χ4v) is 3.19. The number of aryl methyl sites for hydroxylation is 1. The second kappa shape index (κ2) is 6.05. The average molecular weight is 326 g/mol. The van der Waals surface area contributed by atoms with Crippen LogP contribution in [0.5, 0.6) is 0 Å². The minimum Gasteiger partial charge on any atom is -0.362 e. The Balaban J connectivity index is 1.57. The predicted octanol–water partition coefficient (Wildman–Crippen LogP) is 4.34. The first-order valence-electron chi connectivity index (χ1n) is 7.71. The number of rotatable bonds is 3. The number of halogens is 1. The molecule has 0 spiro atoms. The van der Waals surface area contributed by atoms with Crippen molar-refractivity contribution < 1.29 is 4.52 Å². The van der Waals surface area contributed by atoms with Crippen LogP contribution < -0.4 is 4.90 Å². The first-order chi connectivity index (χ1) is 11.3. The van der Waals surface area contributed by atoms with Gasteiger partial charge in [-0.05, 0) is 36.6 Å². The molecule has 4 nitrogen and oxygen atoms in total. The van der Waals surface area contributed by atoms with Crippen LogP contribution in [-0.2, 0) is 13.0 Å². The summed E-state index contributed by atoms with van der Waals surface area (Å²) in [6.45, 7) is 1.64. The van der Waals surface area contributed by atoms with Crippen molar-refractivity contribution in [2.75, 3.05) is 11.4 Å². The van der Waals surface area contributed by atoms with E-state index in [-0.39, 0.29) is 0 Å². The third-order valence-corrected chi connectivity index (χ3v) is 4.32. The summed E-state index contributed by atoms with van der Waals surface area (Å²) >= 11 is 6.02. The van der Waals surface area contributed by atoms with Crippen LogP contribution in [-0.4, -0.2) is 16.7 Å². The smallest absolute Gasteiger partial charge is 0.246 e. The summed E-state index contributed by atoms with van der Waals surface area (Å²) < 4.78 is 5.43. The van der Waals surface area contributed by atoms with Crippen LogP contribution in [0.1, 0.15) is 17.9 Å². The van der Waals surface area contributed by atoms with Crippen molar-refractivity contribution in [3.05, 3.63) is 65.0 Å². The number of fused-ring (bicyclic) bond motifs is 1. The number of anilines is 1.